The summed E-state index contributed by atoms with van der Waals surface area (Å²) in [5.41, 5.74) is 1.88. The highest BCUT2D eigenvalue weighted by molar-refractivity contribution is 7.92. The predicted molar refractivity (Wildman–Crippen MR) is 112 cm³/mol. The molecule has 8 nitrogen and oxygen atoms in total. The lowest BCUT2D eigenvalue weighted by atomic mass is 10.2. The van der Waals surface area contributed by atoms with E-state index < -0.39 is 10.0 Å². The molecule has 1 aliphatic rings. The summed E-state index contributed by atoms with van der Waals surface area (Å²) in [5, 5.41) is 3.96. The highest BCUT2D eigenvalue weighted by Gasteiger charge is 2.26. The van der Waals surface area contributed by atoms with Crippen LogP contribution in [0.5, 0.6) is 0 Å². The van der Waals surface area contributed by atoms with Crippen LogP contribution >= 0.6 is 0 Å². The lowest BCUT2D eigenvalue weighted by Gasteiger charge is -2.28. The molecule has 3 aromatic rings. The van der Waals surface area contributed by atoms with E-state index in [0.29, 0.717) is 35.9 Å². The van der Waals surface area contributed by atoms with Crippen LogP contribution in [0, 0.1) is 0 Å². The molecule has 1 fully saturated rings. The van der Waals surface area contributed by atoms with E-state index in [0.717, 1.165) is 12.0 Å². The SMILES string of the molecule is CN(Cc1nc(-c2ccccc2)no1)C(=O)c1ccc(N2CCCCS2(=O)=O)cc1. The molecule has 1 saturated heterocycles. The first-order valence-electron chi connectivity index (χ1n) is 9.68. The molecule has 1 amide bonds. The van der Waals surface area contributed by atoms with Crippen molar-refractivity contribution in [2.24, 2.45) is 0 Å². The van der Waals surface area contributed by atoms with Crippen molar-refractivity contribution in [3.05, 3.63) is 66.1 Å². The fraction of sp³-hybridized carbons (Fsp3) is 0.286. The molecule has 1 aliphatic heterocycles. The van der Waals surface area contributed by atoms with E-state index in [4.69, 9.17) is 4.52 Å². The third-order valence-electron chi connectivity index (χ3n) is 4.97. The number of hydrogen-bond donors (Lipinski definition) is 0. The molecule has 1 aromatic heterocycles. The van der Waals surface area contributed by atoms with Crippen molar-refractivity contribution in [3.63, 3.8) is 0 Å². The summed E-state index contributed by atoms with van der Waals surface area (Å²) in [4.78, 5) is 18.6. The predicted octanol–water partition coefficient (Wildman–Crippen LogP) is 2.94. The quantitative estimate of drug-likeness (QED) is 0.622. The molecular weight excluding hydrogens is 404 g/mol. The summed E-state index contributed by atoms with van der Waals surface area (Å²) in [6, 6.07) is 16.1. The van der Waals surface area contributed by atoms with E-state index >= 15 is 0 Å². The van der Waals surface area contributed by atoms with Crippen LogP contribution in [0.2, 0.25) is 0 Å². The van der Waals surface area contributed by atoms with Crippen LogP contribution in [0.25, 0.3) is 11.4 Å². The summed E-state index contributed by atoms with van der Waals surface area (Å²) < 4.78 is 31.2. The van der Waals surface area contributed by atoms with Crippen molar-refractivity contribution in [3.8, 4) is 11.4 Å². The number of aromatic nitrogens is 2. The molecule has 4 rings (SSSR count). The second-order valence-electron chi connectivity index (χ2n) is 7.18. The van der Waals surface area contributed by atoms with E-state index in [1.54, 1.807) is 31.3 Å². The van der Waals surface area contributed by atoms with Gasteiger partial charge in [-0.3, -0.25) is 9.10 Å². The van der Waals surface area contributed by atoms with Gasteiger partial charge in [-0.15, -0.1) is 0 Å². The number of nitrogens with zero attached hydrogens (tertiary/aromatic N) is 4. The molecule has 0 atom stereocenters. The Morgan fingerprint density at radius 3 is 2.53 bits per heavy atom. The molecule has 30 heavy (non-hydrogen) atoms. The number of hydrogen-bond acceptors (Lipinski definition) is 6. The van der Waals surface area contributed by atoms with Crippen molar-refractivity contribution in [1.82, 2.24) is 15.0 Å². The monoisotopic (exact) mass is 426 g/mol. The molecule has 9 heteroatoms. The number of benzene rings is 2. The van der Waals surface area contributed by atoms with E-state index in [1.165, 1.54) is 9.21 Å². The summed E-state index contributed by atoms with van der Waals surface area (Å²) >= 11 is 0. The zero-order valence-electron chi connectivity index (χ0n) is 16.6. The van der Waals surface area contributed by atoms with Crippen molar-refractivity contribution >= 4 is 21.6 Å². The number of sulfonamides is 1. The molecule has 0 unspecified atom stereocenters. The van der Waals surface area contributed by atoms with Gasteiger partial charge in [0.2, 0.25) is 21.7 Å². The first-order chi connectivity index (χ1) is 14.4. The average molecular weight is 426 g/mol. The average Bonchev–Trinajstić information content (AvgIpc) is 3.22. The Bertz CT molecular complexity index is 1130. The van der Waals surface area contributed by atoms with Crippen LogP contribution in [0.4, 0.5) is 5.69 Å². The molecule has 2 aromatic carbocycles. The largest absolute Gasteiger partial charge is 0.337 e. The maximum atomic E-state index is 12.7. The van der Waals surface area contributed by atoms with Crippen LogP contribution in [-0.4, -0.2) is 48.7 Å². The van der Waals surface area contributed by atoms with Gasteiger partial charge in [0, 0.05) is 24.7 Å². The van der Waals surface area contributed by atoms with Crippen molar-refractivity contribution in [2.75, 3.05) is 23.7 Å². The normalized spacial score (nSPS) is 15.7. The Hall–Kier alpha value is -3.20. The molecule has 0 spiro atoms. The smallest absolute Gasteiger partial charge is 0.254 e. The maximum Gasteiger partial charge on any atom is 0.254 e. The first-order valence-corrected chi connectivity index (χ1v) is 11.3. The van der Waals surface area contributed by atoms with Gasteiger partial charge in [0.1, 0.15) is 0 Å². The first kappa shape index (κ1) is 20.1. The highest BCUT2D eigenvalue weighted by Crippen LogP contribution is 2.24. The fourth-order valence-electron chi connectivity index (χ4n) is 3.37. The van der Waals surface area contributed by atoms with Gasteiger partial charge in [-0.25, -0.2) is 8.42 Å². The number of rotatable bonds is 5. The minimum absolute atomic E-state index is 0.158. The fourth-order valence-corrected chi connectivity index (χ4v) is 5.01. The lowest BCUT2D eigenvalue weighted by Crippen LogP contribution is -2.37. The Labute approximate surface area is 175 Å². The van der Waals surface area contributed by atoms with Gasteiger partial charge in [0.15, 0.2) is 0 Å². The lowest BCUT2D eigenvalue weighted by molar-refractivity contribution is 0.0769. The van der Waals surface area contributed by atoms with Gasteiger partial charge < -0.3 is 9.42 Å². The van der Waals surface area contributed by atoms with E-state index in [-0.39, 0.29) is 18.2 Å². The van der Waals surface area contributed by atoms with Gasteiger partial charge in [0.25, 0.3) is 5.91 Å². The maximum absolute atomic E-state index is 12.7. The molecule has 0 aliphatic carbocycles. The topological polar surface area (TPSA) is 96.6 Å². The minimum atomic E-state index is -3.28. The van der Waals surface area contributed by atoms with Crippen molar-refractivity contribution in [2.45, 2.75) is 19.4 Å². The standard InChI is InChI=1S/C21H22N4O4S/c1-24(15-19-22-20(23-29-19)16-7-3-2-4-8-16)21(26)17-9-11-18(12-10-17)25-13-5-6-14-30(25,27)28/h2-4,7-12H,5-6,13-15H2,1H3. The van der Waals surface area contributed by atoms with Gasteiger partial charge in [-0.2, -0.15) is 4.98 Å². The highest BCUT2D eigenvalue weighted by atomic mass is 32.2. The summed E-state index contributed by atoms with van der Waals surface area (Å²) in [7, 11) is -1.63. The Morgan fingerprint density at radius 1 is 1.10 bits per heavy atom. The van der Waals surface area contributed by atoms with Crippen LogP contribution < -0.4 is 4.31 Å². The molecule has 0 radical (unpaired) electrons. The number of carbonyl (C=O) groups is 1. The Balaban J connectivity index is 1.44. The number of amides is 1. The summed E-state index contributed by atoms with van der Waals surface area (Å²) in [6.45, 7) is 0.636. The van der Waals surface area contributed by atoms with Gasteiger partial charge in [-0.05, 0) is 37.1 Å². The van der Waals surface area contributed by atoms with Gasteiger partial charge in [0.05, 0.1) is 18.0 Å². The minimum Gasteiger partial charge on any atom is -0.337 e. The third kappa shape index (κ3) is 4.20. The molecule has 0 N–H and O–H groups in total. The summed E-state index contributed by atoms with van der Waals surface area (Å²) in [6.07, 6.45) is 1.51. The Kier molecular flexibility index (Phi) is 5.54. The number of anilines is 1. The zero-order valence-corrected chi connectivity index (χ0v) is 17.4. The Morgan fingerprint density at radius 2 is 1.83 bits per heavy atom. The van der Waals surface area contributed by atoms with Crippen LogP contribution in [0.3, 0.4) is 0 Å². The van der Waals surface area contributed by atoms with Crippen LogP contribution in [0.15, 0.2) is 59.1 Å². The molecule has 156 valence electrons. The molecule has 2 heterocycles. The van der Waals surface area contributed by atoms with Crippen molar-refractivity contribution in [1.29, 1.82) is 0 Å². The summed E-state index contributed by atoms with van der Waals surface area (Å²) in [5.74, 6) is 0.743. The molecule has 0 bridgehead atoms. The molecule has 0 saturated carbocycles. The zero-order chi connectivity index (χ0) is 21.1. The third-order valence-corrected chi connectivity index (χ3v) is 6.84. The van der Waals surface area contributed by atoms with E-state index in [9.17, 15) is 13.2 Å². The van der Waals surface area contributed by atoms with Crippen LogP contribution in [-0.2, 0) is 16.6 Å². The van der Waals surface area contributed by atoms with E-state index in [2.05, 4.69) is 10.1 Å². The van der Waals surface area contributed by atoms with Crippen molar-refractivity contribution < 1.29 is 17.7 Å². The van der Waals surface area contributed by atoms with Gasteiger partial charge >= 0.3 is 0 Å². The van der Waals surface area contributed by atoms with Gasteiger partial charge in [-0.1, -0.05) is 35.5 Å². The molecular formula is C21H22N4O4S. The second kappa shape index (κ2) is 8.27. The second-order valence-corrected chi connectivity index (χ2v) is 9.19. The van der Waals surface area contributed by atoms with E-state index in [1.807, 2.05) is 30.3 Å². The number of carbonyl (C=O) groups excluding carboxylic acids is 1. The van der Waals surface area contributed by atoms with Crippen LogP contribution in [0.1, 0.15) is 29.1 Å².